The Labute approximate surface area is 117 Å². The Bertz CT molecular complexity index is 703. The van der Waals surface area contributed by atoms with Crippen LogP contribution < -0.4 is 5.73 Å². The van der Waals surface area contributed by atoms with Crippen molar-refractivity contribution in [3.63, 3.8) is 0 Å². The predicted octanol–water partition coefficient (Wildman–Crippen LogP) is 2.62. The molecule has 1 unspecified atom stereocenters. The molecule has 0 aliphatic rings. The van der Waals surface area contributed by atoms with Crippen LogP contribution in [0.2, 0.25) is 0 Å². The number of imidazole rings is 1. The lowest BCUT2D eigenvalue weighted by atomic mass is 10.1. The summed E-state index contributed by atoms with van der Waals surface area (Å²) in [6, 6.07) is 11.8. The molecule has 2 heterocycles. The van der Waals surface area contributed by atoms with Crippen molar-refractivity contribution in [3.05, 3.63) is 78.1 Å². The zero-order chi connectivity index (χ0) is 13.9. The lowest BCUT2D eigenvalue weighted by molar-refractivity contribution is 0.789. The van der Waals surface area contributed by atoms with Gasteiger partial charge >= 0.3 is 0 Å². The first kappa shape index (κ1) is 12.6. The number of rotatable bonds is 3. The van der Waals surface area contributed by atoms with Gasteiger partial charge in [0, 0.05) is 6.20 Å². The van der Waals surface area contributed by atoms with Crippen molar-refractivity contribution >= 4 is 0 Å². The lowest BCUT2D eigenvalue weighted by Gasteiger charge is -2.16. The van der Waals surface area contributed by atoms with Gasteiger partial charge < -0.3 is 5.73 Å². The number of pyridine rings is 1. The van der Waals surface area contributed by atoms with Gasteiger partial charge in [-0.2, -0.15) is 0 Å². The molecule has 0 fully saturated rings. The average molecular weight is 264 g/mol. The van der Waals surface area contributed by atoms with Crippen LogP contribution in [0.15, 0.2) is 61.3 Å². The van der Waals surface area contributed by atoms with Crippen LogP contribution >= 0.6 is 0 Å². The highest BCUT2D eigenvalue weighted by atomic mass is 15.1. The van der Waals surface area contributed by atoms with Gasteiger partial charge in [0.25, 0.3) is 0 Å². The van der Waals surface area contributed by atoms with E-state index in [1.807, 2.05) is 53.4 Å². The van der Waals surface area contributed by atoms with E-state index in [9.17, 15) is 0 Å². The summed E-state index contributed by atoms with van der Waals surface area (Å²) in [5.74, 6) is 0. The normalized spacial score (nSPS) is 12.3. The van der Waals surface area contributed by atoms with Crippen LogP contribution in [-0.4, -0.2) is 14.5 Å². The number of hydrogen-bond acceptors (Lipinski definition) is 3. The molecular weight excluding hydrogens is 248 g/mol. The van der Waals surface area contributed by atoms with E-state index < -0.39 is 0 Å². The quantitative estimate of drug-likeness (QED) is 0.791. The summed E-state index contributed by atoms with van der Waals surface area (Å²) in [7, 11) is 0. The van der Waals surface area contributed by atoms with Crippen LogP contribution in [0.25, 0.3) is 5.69 Å². The molecular formula is C16H16N4. The molecule has 0 amide bonds. The van der Waals surface area contributed by atoms with Gasteiger partial charge in [0.15, 0.2) is 0 Å². The van der Waals surface area contributed by atoms with Crippen molar-refractivity contribution in [3.8, 4) is 5.69 Å². The minimum absolute atomic E-state index is 0.210. The Morgan fingerprint density at radius 1 is 1.05 bits per heavy atom. The highest BCUT2D eigenvalue weighted by Gasteiger charge is 2.15. The summed E-state index contributed by atoms with van der Waals surface area (Å²) in [6.45, 7) is 2.05. The summed E-state index contributed by atoms with van der Waals surface area (Å²) in [5, 5.41) is 0. The molecule has 4 heteroatoms. The summed E-state index contributed by atoms with van der Waals surface area (Å²) < 4.78 is 2.00. The molecule has 3 aromatic rings. The van der Waals surface area contributed by atoms with Gasteiger partial charge in [-0.25, -0.2) is 4.98 Å². The van der Waals surface area contributed by atoms with Gasteiger partial charge in [0.05, 0.1) is 36.1 Å². The third-order valence-electron chi connectivity index (χ3n) is 3.42. The van der Waals surface area contributed by atoms with E-state index in [-0.39, 0.29) is 6.04 Å². The Morgan fingerprint density at radius 2 is 1.85 bits per heavy atom. The molecule has 2 N–H and O–H groups in total. The maximum atomic E-state index is 6.37. The number of aryl methyl sites for hydroxylation is 1. The van der Waals surface area contributed by atoms with Crippen molar-refractivity contribution in [1.82, 2.24) is 14.5 Å². The van der Waals surface area contributed by atoms with E-state index in [1.54, 1.807) is 12.5 Å². The van der Waals surface area contributed by atoms with Crippen molar-refractivity contribution in [2.24, 2.45) is 5.73 Å². The monoisotopic (exact) mass is 264 g/mol. The second kappa shape index (κ2) is 5.27. The highest BCUT2D eigenvalue weighted by molar-refractivity contribution is 5.40. The Kier molecular flexibility index (Phi) is 3.31. The summed E-state index contributed by atoms with van der Waals surface area (Å²) in [5.41, 5.74) is 10.5. The standard InChI is InChI=1S/C16H16N4/c1-12-7-8-18-9-14(12)20-11-19-10-15(20)16(17)13-5-3-2-4-6-13/h2-11,16H,17H2,1H3. The number of aromatic nitrogens is 3. The molecule has 0 saturated carbocycles. The largest absolute Gasteiger partial charge is 0.319 e. The van der Waals surface area contributed by atoms with E-state index >= 15 is 0 Å². The molecule has 4 nitrogen and oxygen atoms in total. The lowest BCUT2D eigenvalue weighted by Crippen LogP contribution is -2.16. The van der Waals surface area contributed by atoms with Crippen molar-refractivity contribution in [1.29, 1.82) is 0 Å². The molecule has 0 aliphatic carbocycles. The second-order valence-corrected chi connectivity index (χ2v) is 4.74. The first-order chi connectivity index (χ1) is 9.77. The molecule has 20 heavy (non-hydrogen) atoms. The van der Waals surface area contributed by atoms with Gasteiger partial charge in [-0.05, 0) is 24.1 Å². The Morgan fingerprint density at radius 3 is 2.60 bits per heavy atom. The van der Waals surface area contributed by atoms with E-state index in [0.29, 0.717) is 0 Å². The topological polar surface area (TPSA) is 56.7 Å². The van der Waals surface area contributed by atoms with Crippen LogP contribution in [0, 0.1) is 6.92 Å². The van der Waals surface area contributed by atoms with Crippen LogP contribution in [0.4, 0.5) is 0 Å². The van der Waals surface area contributed by atoms with Crippen LogP contribution in [-0.2, 0) is 0 Å². The summed E-state index contributed by atoms with van der Waals surface area (Å²) >= 11 is 0. The van der Waals surface area contributed by atoms with E-state index in [4.69, 9.17) is 5.73 Å². The summed E-state index contributed by atoms with van der Waals surface area (Å²) in [4.78, 5) is 8.43. The second-order valence-electron chi connectivity index (χ2n) is 4.74. The van der Waals surface area contributed by atoms with Gasteiger partial charge in [0.2, 0.25) is 0 Å². The molecule has 0 saturated heterocycles. The fraction of sp³-hybridized carbons (Fsp3) is 0.125. The SMILES string of the molecule is Cc1ccncc1-n1cncc1C(N)c1ccccc1. The van der Waals surface area contributed by atoms with Gasteiger partial charge in [0.1, 0.15) is 0 Å². The van der Waals surface area contributed by atoms with Crippen LogP contribution in [0.5, 0.6) is 0 Å². The average Bonchev–Trinajstić information content (AvgIpc) is 2.97. The fourth-order valence-electron chi connectivity index (χ4n) is 2.28. The van der Waals surface area contributed by atoms with Gasteiger partial charge in [-0.15, -0.1) is 0 Å². The van der Waals surface area contributed by atoms with Crippen molar-refractivity contribution < 1.29 is 0 Å². The number of benzene rings is 1. The minimum atomic E-state index is -0.210. The number of nitrogens with two attached hydrogens (primary N) is 1. The highest BCUT2D eigenvalue weighted by Crippen LogP contribution is 2.23. The Balaban J connectivity index is 2.05. The van der Waals surface area contributed by atoms with E-state index in [1.165, 1.54) is 0 Å². The smallest absolute Gasteiger partial charge is 0.0995 e. The van der Waals surface area contributed by atoms with Crippen LogP contribution in [0.1, 0.15) is 22.9 Å². The molecule has 0 bridgehead atoms. The zero-order valence-corrected chi connectivity index (χ0v) is 11.3. The molecule has 3 rings (SSSR count). The summed E-state index contributed by atoms with van der Waals surface area (Å²) in [6.07, 6.45) is 7.21. The Hall–Kier alpha value is -2.46. The number of hydrogen-bond donors (Lipinski definition) is 1. The molecule has 0 radical (unpaired) electrons. The third kappa shape index (κ3) is 2.21. The molecule has 1 atom stereocenters. The minimum Gasteiger partial charge on any atom is -0.319 e. The predicted molar refractivity (Wildman–Crippen MR) is 78.6 cm³/mol. The van der Waals surface area contributed by atoms with E-state index in [0.717, 1.165) is 22.5 Å². The zero-order valence-electron chi connectivity index (χ0n) is 11.3. The maximum Gasteiger partial charge on any atom is 0.0995 e. The molecule has 0 aliphatic heterocycles. The first-order valence-corrected chi connectivity index (χ1v) is 6.51. The maximum absolute atomic E-state index is 6.37. The molecule has 2 aromatic heterocycles. The fourth-order valence-corrected chi connectivity index (χ4v) is 2.28. The van der Waals surface area contributed by atoms with Crippen molar-refractivity contribution in [2.45, 2.75) is 13.0 Å². The third-order valence-corrected chi connectivity index (χ3v) is 3.42. The van der Waals surface area contributed by atoms with E-state index in [2.05, 4.69) is 16.9 Å². The molecule has 100 valence electrons. The first-order valence-electron chi connectivity index (χ1n) is 6.51. The van der Waals surface area contributed by atoms with Crippen molar-refractivity contribution in [2.75, 3.05) is 0 Å². The molecule has 0 spiro atoms. The molecule has 1 aromatic carbocycles. The van der Waals surface area contributed by atoms with Crippen LogP contribution in [0.3, 0.4) is 0 Å². The van der Waals surface area contributed by atoms with Gasteiger partial charge in [-0.3, -0.25) is 9.55 Å². The van der Waals surface area contributed by atoms with Gasteiger partial charge in [-0.1, -0.05) is 30.3 Å². The number of nitrogens with zero attached hydrogens (tertiary/aromatic N) is 3.